The molecule has 0 unspecified atom stereocenters. The number of aromatic nitrogens is 1. The highest BCUT2D eigenvalue weighted by Crippen LogP contribution is 2.19. The summed E-state index contributed by atoms with van der Waals surface area (Å²) in [5.41, 5.74) is 5.49. The van der Waals surface area contributed by atoms with E-state index in [0.717, 1.165) is 13.1 Å². The molecule has 0 spiro atoms. The van der Waals surface area contributed by atoms with Crippen molar-refractivity contribution in [2.75, 3.05) is 23.7 Å². The predicted octanol–water partition coefficient (Wildman–Crippen LogP) is 1.64. The van der Waals surface area contributed by atoms with Crippen LogP contribution in [0, 0.1) is 0 Å². The van der Waals surface area contributed by atoms with Crippen molar-refractivity contribution in [2.45, 2.75) is 25.7 Å². The standard InChI is InChI=1S/C9H15N3O/c10-8-7-13-9(11-8)12-5-3-1-2-4-6-12/h7H,1-6,10H2. The minimum Gasteiger partial charge on any atom is -0.430 e. The van der Waals surface area contributed by atoms with Crippen molar-refractivity contribution in [2.24, 2.45) is 0 Å². The van der Waals surface area contributed by atoms with E-state index in [1.54, 1.807) is 0 Å². The van der Waals surface area contributed by atoms with E-state index in [2.05, 4.69) is 9.88 Å². The minimum atomic E-state index is 0.472. The molecule has 1 saturated heterocycles. The fourth-order valence-electron chi connectivity index (χ4n) is 1.68. The lowest BCUT2D eigenvalue weighted by Crippen LogP contribution is -2.24. The van der Waals surface area contributed by atoms with Gasteiger partial charge in [-0.25, -0.2) is 0 Å². The Labute approximate surface area is 77.7 Å². The topological polar surface area (TPSA) is 55.3 Å². The Bertz CT molecular complexity index is 264. The van der Waals surface area contributed by atoms with E-state index in [4.69, 9.17) is 10.2 Å². The first-order valence-corrected chi connectivity index (χ1v) is 4.82. The number of nitrogen functional groups attached to an aromatic ring is 1. The van der Waals surface area contributed by atoms with E-state index < -0.39 is 0 Å². The Morgan fingerprint density at radius 3 is 2.46 bits per heavy atom. The van der Waals surface area contributed by atoms with Gasteiger partial charge in [-0.2, -0.15) is 4.98 Å². The predicted molar refractivity (Wildman–Crippen MR) is 51.6 cm³/mol. The molecule has 0 bridgehead atoms. The number of oxazole rings is 1. The Morgan fingerprint density at radius 2 is 1.92 bits per heavy atom. The normalized spacial score (nSPS) is 18.6. The molecular weight excluding hydrogens is 166 g/mol. The summed E-state index contributed by atoms with van der Waals surface area (Å²) >= 11 is 0. The summed E-state index contributed by atoms with van der Waals surface area (Å²) in [5, 5.41) is 0. The zero-order valence-electron chi connectivity index (χ0n) is 7.70. The van der Waals surface area contributed by atoms with E-state index in [-0.39, 0.29) is 0 Å². The maximum atomic E-state index is 5.49. The Kier molecular flexibility index (Phi) is 2.38. The molecular formula is C9H15N3O. The molecule has 0 aliphatic carbocycles. The molecule has 2 heterocycles. The van der Waals surface area contributed by atoms with E-state index in [9.17, 15) is 0 Å². The summed E-state index contributed by atoms with van der Waals surface area (Å²) in [5.74, 6) is 0.472. The van der Waals surface area contributed by atoms with Gasteiger partial charge in [0, 0.05) is 13.1 Å². The molecule has 0 radical (unpaired) electrons. The van der Waals surface area contributed by atoms with Crippen LogP contribution in [-0.4, -0.2) is 18.1 Å². The van der Waals surface area contributed by atoms with Gasteiger partial charge in [0.05, 0.1) is 0 Å². The molecule has 4 heteroatoms. The molecule has 0 aromatic carbocycles. The molecule has 4 nitrogen and oxygen atoms in total. The summed E-state index contributed by atoms with van der Waals surface area (Å²) in [6.07, 6.45) is 6.57. The molecule has 0 atom stereocenters. The van der Waals surface area contributed by atoms with Gasteiger partial charge in [0.1, 0.15) is 6.26 Å². The van der Waals surface area contributed by atoms with E-state index in [0.29, 0.717) is 11.8 Å². The van der Waals surface area contributed by atoms with Crippen molar-refractivity contribution in [1.29, 1.82) is 0 Å². The van der Waals surface area contributed by atoms with Crippen molar-refractivity contribution >= 4 is 11.8 Å². The average molecular weight is 181 g/mol. The molecule has 2 rings (SSSR count). The third kappa shape index (κ3) is 1.94. The van der Waals surface area contributed by atoms with Crippen LogP contribution in [0.25, 0.3) is 0 Å². The van der Waals surface area contributed by atoms with Gasteiger partial charge in [-0.3, -0.25) is 0 Å². The molecule has 1 fully saturated rings. The zero-order chi connectivity index (χ0) is 9.10. The van der Waals surface area contributed by atoms with Gasteiger partial charge in [0.2, 0.25) is 0 Å². The average Bonchev–Trinajstić information content (AvgIpc) is 2.43. The van der Waals surface area contributed by atoms with Gasteiger partial charge in [0.15, 0.2) is 5.82 Å². The third-order valence-corrected chi connectivity index (χ3v) is 2.39. The van der Waals surface area contributed by atoms with Crippen LogP contribution in [0.5, 0.6) is 0 Å². The first kappa shape index (κ1) is 8.41. The molecule has 1 aliphatic heterocycles. The fourth-order valence-corrected chi connectivity index (χ4v) is 1.68. The zero-order valence-corrected chi connectivity index (χ0v) is 7.70. The van der Waals surface area contributed by atoms with E-state index in [1.165, 1.54) is 31.9 Å². The van der Waals surface area contributed by atoms with Gasteiger partial charge in [-0.15, -0.1) is 0 Å². The largest absolute Gasteiger partial charge is 0.430 e. The second-order valence-electron chi connectivity index (χ2n) is 3.46. The lowest BCUT2D eigenvalue weighted by atomic mass is 10.2. The molecule has 1 aromatic heterocycles. The Morgan fingerprint density at radius 1 is 1.23 bits per heavy atom. The highest BCUT2D eigenvalue weighted by molar-refractivity contribution is 5.35. The van der Waals surface area contributed by atoms with Crippen LogP contribution in [0.2, 0.25) is 0 Å². The number of anilines is 2. The first-order chi connectivity index (χ1) is 6.36. The second kappa shape index (κ2) is 3.68. The summed E-state index contributed by atoms with van der Waals surface area (Å²) in [6.45, 7) is 2.08. The molecule has 0 amide bonds. The van der Waals surface area contributed by atoms with Gasteiger partial charge in [-0.1, -0.05) is 12.8 Å². The van der Waals surface area contributed by atoms with Crippen molar-refractivity contribution in [3.05, 3.63) is 6.26 Å². The van der Waals surface area contributed by atoms with Crippen LogP contribution < -0.4 is 10.6 Å². The van der Waals surface area contributed by atoms with Gasteiger partial charge < -0.3 is 15.1 Å². The van der Waals surface area contributed by atoms with Gasteiger partial charge >= 0.3 is 0 Å². The SMILES string of the molecule is Nc1coc(N2CCCCCC2)n1. The van der Waals surface area contributed by atoms with Crippen LogP contribution in [0.3, 0.4) is 0 Å². The Balaban J connectivity index is 2.06. The van der Waals surface area contributed by atoms with Crippen LogP contribution in [0.15, 0.2) is 10.7 Å². The number of nitrogens with zero attached hydrogens (tertiary/aromatic N) is 2. The monoisotopic (exact) mass is 181 g/mol. The smallest absolute Gasteiger partial charge is 0.299 e. The molecule has 72 valence electrons. The lowest BCUT2D eigenvalue weighted by Gasteiger charge is -2.16. The summed E-state index contributed by atoms with van der Waals surface area (Å²) in [7, 11) is 0. The number of hydrogen-bond acceptors (Lipinski definition) is 4. The summed E-state index contributed by atoms with van der Waals surface area (Å²) in [4.78, 5) is 6.28. The third-order valence-electron chi connectivity index (χ3n) is 2.39. The minimum absolute atomic E-state index is 0.472. The molecule has 1 aromatic rings. The van der Waals surface area contributed by atoms with Crippen molar-refractivity contribution in [3.8, 4) is 0 Å². The van der Waals surface area contributed by atoms with Crippen molar-refractivity contribution < 1.29 is 4.42 Å². The highest BCUT2D eigenvalue weighted by Gasteiger charge is 2.13. The molecule has 1 aliphatic rings. The second-order valence-corrected chi connectivity index (χ2v) is 3.46. The summed E-state index contributed by atoms with van der Waals surface area (Å²) in [6, 6.07) is 0.680. The quantitative estimate of drug-likeness (QED) is 0.715. The maximum absolute atomic E-state index is 5.49. The van der Waals surface area contributed by atoms with Crippen LogP contribution in [0.4, 0.5) is 11.8 Å². The van der Waals surface area contributed by atoms with Crippen molar-refractivity contribution in [1.82, 2.24) is 4.98 Å². The Hall–Kier alpha value is -1.19. The van der Waals surface area contributed by atoms with Crippen LogP contribution in [-0.2, 0) is 0 Å². The fraction of sp³-hybridized carbons (Fsp3) is 0.667. The van der Waals surface area contributed by atoms with Gasteiger partial charge in [0.25, 0.3) is 6.01 Å². The number of rotatable bonds is 1. The van der Waals surface area contributed by atoms with Crippen LogP contribution >= 0.6 is 0 Å². The van der Waals surface area contributed by atoms with Crippen molar-refractivity contribution in [3.63, 3.8) is 0 Å². The first-order valence-electron chi connectivity index (χ1n) is 4.82. The maximum Gasteiger partial charge on any atom is 0.299 e. The molecule has 0 saturated carbocycles. The van der Waals surface area contributed by atoms with Crippen LogP contribution in [0.1, 0.15) is 25.7 Å². The van der Waals surface area contributed by atoms with Gasteiger partial charge in [-0.05, 0) is 12.8 Å². The summed E-state index contributed by atoms with van der Waals surface area (Å²) < 4.78 is 5.25. The number of nitrogens with two attached hydrogens (primary N) is 1. The van der Waals surface area contributed by atoms with E-state index in [1.807, 2.05) is 0 Å². The molecule has 13 heavy (non-hydrogen) atoms. The van der Waals surface area contributed by atoms with E-state index >= 15 is 0 Å². The lowest BCUT2D eigenvalue weighted by molar-refractivity contribution is 0.534. The molecule has 2 N–H and O–H groups in total. The number of hydrogen-bond donors (Lipinski definition) is 1. The highest BCUT2D eigenvalue weighted by atomic mass is 16.4.